The number of rotatable bonds is 3. The molecule has 1 amide bonds. The summed E-state index contributed by atoms with van der Waals surface area (Å²) in [6.45, 7) is 0.442. The third kappa shape index (κ3) is 2.79. The number of hydrogen-bond acceptors (Lipinski definition) is 3. The molecule has 6 nitrogen and oxygen atoms in total. The Balaban J connectivity index is 0.00000162. The summed E-state index contributed by atoms with van der Waals surface area (Å²) in [6, 6.07) is 7.39. The van der Waals surface area contributed by atoms with Gasteiger partial charge in [0.05, 0.1) is 6.54 Å². The van der Waals surface area contributed by atoms with Gasteiger partial charge in [-0.25, -0.2) is 0 Å². The van der Waals surface area contributed by atoms with Crippen LogP contribution in [-0.4, -0.2) is 21.2 Å². The van der Waals surface area contributed by atoms with Crippen LogP contribution in [0, 0.1) is 0 Å². The second-order valence-corrected chi connectivity index (χ2v) is 3.99. The molecule has 96 valence electrons. The number of anilines is 1. The number of hydrogen-bond donors (Lipinski definition) is 2. The first kappa shape index (κ1) is 14.0. The molecule has 0 saturated heterocycles. The van der Waals surface area contributed by atoms with Crippen LogP contribution in [0.5, 0.6) is 0 Å². The van der Waals surface area contributed by atoms with Gasteiger partial charge in [-0.2, -0.15) is 5.10 Å². The smallest absolute Gasteiger partial charge is 0.254 e. The van der Waals surface area contributed by atoms with Crippen LogP contribution in [0.2, 0.25) is 5.02 Å². The number of amides is 1. The zero-order chi connectivity index (χ0) is 12.4. The summed E-state index contributed by atoms with van der Waals surface area (Å²) in [7, 11) is 0. The van der Waals surface area contributed by atoms with E-state index >= 15 is 0 Å². The van der Waals surface area contributed by atoms with Crippen molar-refractivity contribution < 1.29 is 10.3 Å². The van der Waals surface area contributed by atoms with Crippen molar-refractivity contribution in [3.05, 3.63) is 46.6 Å². The Morgan fingerprint density at radius 2 is 2.06 bits per heavy atom. The maximum Gasteiger partial charge on any atom is 0.254 e. The molecule has 18 heavy (non-hydrogen) atoms. The van der Waals surface area contributed by atoms with E-state index in [2.05, 4.69) is 5.10 Å². The van der Waals surface area contributed by atoms with E-state index in [1.165, 1.54) is 10.9 Å². The number of aromatic nitrogens is 2. The van der Waals surface area contributed by atoms with Gasteiger partial charge in [-0.1, -0.05) is 29.8 Å². The van der Waals surface area contributed by atoms with Crippen molar-refractivity contribution in [1.29, 1.82) is 0 Å². The molecule has 1 aromatic heterocycles. The van der Waals surface area contributed by atoms with Crippen molar-refractivity contribution in [3.8, 4) is 0 Å². The predicted molar refractivity (Wildman–Crippen MR) is 69.3 cm³/mol. The van der Waals surface area contributed by atoms with Crippen LogP contribution in [0.1, 0.15) is 15.9 Å². The fourth-order valence-electron chi connectivity index (χ4n) is 1.51. The van der Waals surface area contributed by atoms with Crippen LogP contribution < -0.4 is 11.5 Å². The maximum atomic E-state index is 11.0. The SMILES string of the molecule is NC(=O)c1cn(Cc2ccccc2Cl)nc1N.O. The number of carbonyl (C=O) groups excluding carboxylic acids is 1. The molecular weight excluding hydrogens is 256 g/mol. The molecular formula is C11H13ClN4O2. The van der Waals surface area contributed by atoms with E-state index in [-0.39, 0.29) is 16.9 Å². The Labute approximate surface area is 108 Å². The summed E-state index contributed by atoms with van der Waals surface area (Å²) in [6.07, 6.45) is 1.51. The summed E-state index contributed by atoms with van der Waals surface area (Å²) in [5.41, 5.74) is 11.8. The molecule has 2 rings (SSSR count). The predicted octanol–water partition coefficient (Wildman–Crippen LogP) is 0.441. The molecule has 0 bridgehead atoms. The van der Waals surface area contributed by atoms with E-state index < -0.39 is 5.91 Å². The Kier molecular flexibility index (Phi) is 4.30. The lowest BCUT2D eigenvalue weighted by Crippen LogP contribution is -2.11. The monoisotopic (exact) mass is 268 g/mol. The van der Waals surface area contributed by atoms with E-state index in [4.69, 9.17) is 23.1 Å². The highest BCUT2D eigenvalue weighted by Gasteiger charge is 2.11. The van der Waals surface area contributed by atoms with E-state index in [9.17, 15) is 4.79 Å². The molecule has 0 radical (unpaired) electrons. The molecule has 0 fully saturated rings. The number of primary amides is 1. The summed E-state index contributed by atoms with van der Waals surface area (Å²) >= 11 is 6.02. The number of benzene rings is 1. The number of nitrogens with zero attached hydrogens (tertiary/aromatic N) is 2. The van der Waals surface area contributed by atoms with Crippen molar-refractivity contribution in [3.63, 3.8) is 0 Å². The van der Waals surface area contributed by atoms with Crippen LogP contribution in [0.3, 0.4) is 0 Å². The summed E-state index contributed by atoms with van der Waals surface area (Å²) in [5, 5.41) is 4.64. The molecule has 2 aromatic rings. The van der Waals surface area contributed by atoms with E-state index in [0.29, 0.717) is 11.6 Å². The van der Waals surface area contributed by atoms with Gasteiger partial charge in [-0.3, -0.25) is 9.48 Å². The van der Waals surface area contributed by atoms with Gasteiger partial charge in [0.2, 0.25) is 0 Å². The van der Waals surface area contributed by atoms with E-state index in [1.807, 2.05) is 18.2 Å². The first-order chi connectivity index (χ1) is 8.08. The normalized spacial score (nSPS) is 9.83. The molecule has 6 N–H and O–H groups in total. The van der Waals surface area contributed by atoms with Gasteiger partial charge in [0.15, 0.2) is 5.82 Å². The molecule has 7 heteroatoms. The Hall–Kier alpha value is -2.05. The minimum Gasteiger partial charge on any atom is -0.412 e. The Morgan fingerprint density at radius 3 is 2.61 bits per heavy atom. The fraction of sp³-hybridized carbons (Fsp3) is 0.0909. The number of nitrogens with two attached hydrogens (primary N) is 2. The van der Waals surface area contributed by atoms with Gasteiger partial charge in [0, 0.05) is 11.2 Å². The van der Waals surface area contributed by atoms with Gasteiger partial charge in [0.1, 0.15) is 5.56 Å². The van der Waals surface area contributed by atoms with E-state index in [1.54, 1.807) is 6.07 Å². The second kappa shape index (κ2) is 5.52. The lowest BCUT2D eigenvalue weighted by Gasteiger charge is -2.03. The average molecular weight is 269 g/mol. The third-order valence-corrected chi connectivity index (χ3v) is 2.71. The molecule has 0 aliphatic rings. The molecule has 0 spiro atoms. The van der Waals surface area contributed by atoms with Crippen molar-refractivity contribution >= 4 is 23.3 Å². The van der Waals surface area contributed by atoms with Crippen LogP contribution >= 0.6 is 11.6 Å². The van der Waals surface area contributed by atoms with Crippen molar-refractivity contribution in [2.75, 3.05) is 5.73 Å². The average Bonchev–Trinajstić information content (AvgIpc) is 2.63. The van der Waals surface area contributed by atoms with Crippen LogP contribution in [-0.2, 0) is 6.54 Å². The van der Waals surface area contributed by atoms with Crippen LogP contribution in [0.4, 0.5) is 5.82 Å². The molecule has 0 aliphatic carbocycles. The quantitative estimate of drug-likeness (QED) is 0.840. The Morgan fingerprint density at radius 1 is 1.39 bits per heavy atom. The van der Waals surface area contributed by atoms with Crippen LogP contribution in [0.15, 0.2) is 30.5 Å². The fourth-order valence-corrected chi connectivity index (χ4v) is 1.70. The van der Waals surface area contributed by atoms with Gasteiger partial charge < -0.3 is 16.9 Å². The first-order valence-electron chi connectivity index (χ1n) is 4.94. The second-order valence-electron chi connectivity index (χ2n) is 3.58. The molecule has 1 heterocycles. The number of carbonyl (C=O) groups is 1. The van der Waals surface area contributed by atoms with Crippen molar-refractivity contribution in [1.82, 2.24) is 9.78 Å². The van der Waals surface area contributed by atoms with Gasteiger partial charge in [0.25, 0.3) is 5.91 Å². The summed E-state index contributed by atoms with van der Waals surface area (Å²) < 4.78 is 1.54. The largest absolute Gasteiger partial charge is 0.412 e. The zero-order valence-electron chi connectivity index (χ0n) is 9.43. The highest BCUT2D eigenvalue weighted by molar-refractivity contribution is 6.31. The zero-order valence-corrected chi connectivity index (χ0v) is 10.2. The topological polar surface area (TPSA) is 118 Å². The van der Waals surface area contributed by atoms with Crippen molar-refractivity contribution in [2.24, 2.45) is 5.73 Å². The number of halogens is 1. The van der Waals surface area contributed by atoms with Crippen molar-refractivity contribution in [2.45, 2.75) is 6.54 Å². The molecule has 0 unspecified atom stereocenters. The Bertz CT molecular complexity index is 568. The highest BCUT2D eigenvalue weighted by Crippen LogP contribution is 2.17. The van der Waals surface area contributed by atoms with Gasteiger partial charge in [-0.15, -0.1) is 0 Å². The third-order valence-electron chi connectivity index (χ3n) is 2.35. The highest BCUT2D eigenvalue weighted by atomic mass is 35.5. The standard InChI is InChI=1S/C11H11ClN4O.H2O/c12-9-4-2-1-3-7(9)5-16-6-8(11(14)17)10(13)15-16;/h1-4,6H,5H2,(H2,13,15)(H2,14,17);1H2. The molecule has 0 aliphatic heterocycles. The maximum absolute atomic E-state index is 11.0. The molecule has 1 aromatic carbocycles. The lowest BCUT2D eigenvalue weighted by atomic mass is 10.2. The number of nitrogen functional groups attached to an aromatic ring is 1. The van der Waals surface area contributed by atoms with E-state index in [0.717, 1.165) is 5.56 Å². The summed E-state index contributed by atoms with van der Waals surface area (Å²) in [5.74, 6) is -0.461. The summed E-state index contributed by atoms with van der Waals surface area (Å²) in [4.78, 5) is 11.0. The van der Waals surface area contributed by atoms with Gasteiger partial charge >= 0.3 is 0 Å². The molecule has 0 atom stereocenters. The minimum absolute atomic E-state index is 0. The van der Waals surface area contributed by atoms with Gasteiger partial charge in [-0.05, 0) is 11.6 Å². The van der Waals surface area contributed by atoms with Crippen LogP contribution in [0.25, 0.3) is 0 Å². The lowest BCUT2D eigenvalue weighted by molar-refractivity contribution is 0.100. The molecule has 0 saturated carbocycles. The minimum atomic E-state index is -0.590. The first-order valence-corrected chi connectivity index (χ1v) is 5.32.